The van der Waals surface area contributed by atoms with Gasteiger partial charge in [-0.25, -0.2) is 4.68 Å². The Balaban J connectivity index is 2.05. The van der Waals surface area contributed by atoms with E-state index in [-0.39, 0.29) is 24.4 Å². The number of aromatic nitrogens is 4. The zero-order valence-corrected chi connectivity index (χ0v) is 9.85. The number of fused-ring (bicyclic) bond motifs is 1. The van der Waals surface area contributed by atoms with Crippen LogP contribution in [0.1, 0.15) is 12.6 Å². The van der Waals surface area contributed by atoms with Crippen molar-refractivity contribution >= 4 is 16.9 Å². The lowest BCUT2D eigenvalue weighted by Gasteiger charge is -2.12. The van der Waals surface area contributed by atoms with Gasteiger partial charge in [0.1, 0.15) is 17.4 Å². The number of H-pyrrole nitrogens is 1. The second-order valence-electron chi connectivity index (χ2n) is 4.44. The summed E-state index contributed by atoms with van der Waals surface area (Å²) >= 11 is 0. The van der Waals surface area contributed by atoms with Gasteiger partial charge in [-0.05, 0) is 0 Å². The van der Waals surface area contributed by atoms with Crippen LogP contribution in [-0.2, 0) is 4.74 Å². The van der Waals surface area contributed by atoms with E-state index in [1.807, 2.05) is 0 Å². The van der Waals surface area contributed by atoms with E-state index in [1.54, 1.807) is 0 Å². The zero-order valence-electron chi connectivity index (χ0n) is 9.85. The average Bonchev–Trinajstić information content (AvgIpc) is 2.92. The van der Waals surface area contributed by atoms with E-state index in [2.05, 4.69) is 15.3 Å². The molecule has 1 fully saturated rings. The lowest BCUT2D eigenvalue weighted by atomic mass is 10.2. The summed E-state index contributed by atoms with van der Waals surface area (Å²) in [6.07, 6.45) is -1.77. The van der Waals surface area contributed by atoms with Crippen molar-refractivity contribution in [2.24, 2.45) is 0 Å². The number of hydrogen-bond acceptors (Lipinski definition) is 7. The molecule has 9 heteroatoms. The van der Waals surface area contributed by atoms with Gasteiger partial charge in [0, 0.05) is 12.5 Å². The Bertz CT molecular complexity index is 665. The molecule has 0 bridgehead atoms. The van der Waals surface area contributed by atoms with Crippen LogP contribution in [0.5, 0.6) is 0 Å². The molecule has 9 nitrogen and oxygen atoms in total. The molecule has 0 aromatic carbocycles. The first-order valence-electron chi connectivity index (χ1n) is 5.78. The van der Waals surface area contributed by atoms with Crippen LogP contribution in [0.15, 0.2) is 10.9 Å². The molecule has 0 saturated carbocycles. The molecule has 0 radical (unpaired) electrons. The maximum absolute atomic E-state index is 11.6. The van der Waals surface area contributed by atoms with Crippen LogP contribution in [-0.4, -0.2) is 49.0 Å². The molecule has 0 aliphatic carbocycles. The van der Waals surface area contributed by atoms with Crippen LogP contribution in [0.25, 0.3) is 11.0 Å². The van der Waals surface area contributed by atoms with E-state index in [0.29, 0.717) is 5.52 Å². The summed E-state index contributed by atoms with van der Waals surface area (Å²) in [7, 11) is 0. The Kier molecular flexibility index (Phi) is 2.73. The summed E-state index contributed by atoms with van der Waals surface area (Å²) < 4.78 is 6.85. The number of aliphatic hydroxyl groups is 2. The highest BCUT2D eigenvalue weighted by Gasteiger charge is 2.35. The summed E-state index contributed by atoms with van der Waals surface area (Å²) in [6.45, 7) is -0.285. The molecule has 0 spiro atoms. The Morgan fingerprint density at radius 3 is 3.11 bits per heavy atom. The number of hydrogen-bond donors (Lipinski definition) is 4. The lowest BCUT2D eigenvalue weighted by Crippen LogP contribution is -2.24. The van der Waals surface area contributed by atoms with Gasteiger partial charge in [0.25, 0.3) is 5.56 Å². The Morgan fingerprint density at radius 2 is 2.42 bits per heavy atom. The topological polar surface area (TPSA) is 139 Å². The first kappa shape index (κ1) is 12.1. The highest BCUT2D eigenvalue weighted by Crippen LogP contribution is 2.29. The van der Waals surface area contributed by atoms with E-state index >= 15 is 0 Å². The molecule has 1 aliphatic rings. The molecule has 1 saturated heterocycles. The number of anilines is 1. The van der Waals surface area contributed by atoms with Crippen molar-refractivity contribution in [3.05, 3.63) is 16.4 Å². The minimum atomic E-state index is -0.784. The van der Waals surface area contributed by atoms with Gasteiger partial charge in [0.15, 0.2) is 11.7 Å². The molecule has 2 aromatic rings. The fourth-order valence-electron chi connectivity index (χ4n) is 2.21. The summed E-state index contributed by atoms with van der Waals surface area (Å²) in [5.41, 5.74) is 5.73. The molecule has 19 heavy (non-hydrogen) atoms. The number of nitrogens with one attached hydrogen (secondary N) is 1. The molecule has 2 aromatic heterocycles. The summed E-state index contributed by atoms with van der Waals surface area (Å²) in [6, 6.07) is 1.53. The maximum atomic E-state index is 11.6. The van der Waals surface area contributed by atoms with E-state index in [0.717, 1.165) is 0 Å². The van der Waals surface area contributed by atoms with Gasteiger partial charge in [-0.2, -0.15) is 0 Å². The zero-order chi connectivity index (χ0) is 13.6. The van der Waals surface area contributed by atoms with Gasteiger partial charge in [-0.3, -0.25) is 4.79 Å². The number of aliphatic hydroxyl groups excluding tert-OH is 2. The van der Waals surface area contributed by atoms with Crippen molar-refractivity contribution in [3.8, 4) is 0 Å². The van der Waals surface area contributed by atoms with Crippen LogP contribution >= 0.6 is 0 Å². The maximum Gasteiger partial charge on any atom is 0.279 e. The van der Waals surface area contributed by atoms with Crippen LogP contribution in [0.4, 0.5) is 5.82 Å². The molecule has 0 amide bonds. The first-order chi connectivity index (χ1) is 9.10. The van der Waals surface area contributed by atoms with E-state index < -0.39 is 24.0 Å². The van der Waals surface area contributed by atoms with Gasteiger partial charge in [-0.1, -0.05) is 5.21 Å². The standard InChI is InChI=1S/C10H13N5O4/c11-7-1-4-9(10(18)12-7)13-14-15(4)8-2-5(17)6(3-16)19-8/h1,5-6,8,16-17H,2-3H2,(H3,11,12,18)/t5-,6+,8+/m0/s1. The van der Waals surface area contributed by atoms with Crippen molar-refractivity contribution in [1.82, 2.24) is 20.0 Å². The number of ether oxygens (including phenoxy) is 1. The van der Waals surface area contributed by atoms with Gasteiger partial charge in [-0.15, -0.1) is 5.10 Å². The molecular weight excluding hydrogens is 254 g/mol. The van der Waals surface area contributed by atoms with Crippen LogP contribution < -0.4 is 11.3 Å². The second kappa shape index (κ2) is 4.30. The quantitative estimate of drug-likeness (QED) is 0.510. The van der Waals surface area contributed by atoms with Crippen molar-refractivity contribution in [2.45, 2.75) is 24.9 Å². The minimum absolute atomic E-state index is 0.153. The van der Waals surface area contributed by atoms with Gasteiger partial charge < -0.3 is 25.7 Å². The van der Waals surface area contributed by atoms with E-state index in [1.165, 1.54) is 10.7 Å². The largest absolute Gasteiger partial charge is 0.394 e. The smallest absolute Gasteiger partial charge is 0.279 e. The normalized spacial score (nSPS) is 27.2. The molecule has 3 heterocycles. The van der Waals surface area contributed by atoms with Gasteiger partial charge in [0.2, 0.25) is 0 Å². The number of pyridine rings is 1. The third-order valence-corrected chi connectivity index (χ3v) is 3.15. The van der Waals surface area contributed by atoms with Crippen LogP contribution in [0.3, 0.4) is 0 Å². The fourth-order valence-corrected chi connectivity index (χ4v) is 2.21. The number of aromatic amines is 1. The Hall–Kier alpha value is -1.97. The van der Waals surface area contributed by atoms with E-state index in [4.69, 9.17) is 15.6 Å². The SMILES string of the molecule is Nc1cc2c(nnn2[C@H]2C[C@H](O)[C@@H](CO)O2)c(=O)[nH]1. The third-order valence-electron chi connectivity index (χ3n) is 3.15. The average molecular weight is 267 g/mol. The van der Waals surface area contributed by atoms with Gasteiger partial charge >= 0.3 is 0 Å². The predicted molar refractivity (Wildman–Crippen MR) is 64.2 cm³/mol. The predicted octanol–water partition coefficient (Wildman–Crippen LogP) is -1.66. The van der Waals surface area contributed by atoms with Crippen molar-refractivity contribution in [3.63, 3.8) is 0 Å². The second-order valence-corrected chi connectivity index (χ2v) is 4.44. The minimum Gasteiger partial charge on any atom is -0.394 e. The molecule has 3 atom stereocenters. The van der Waals surface area contributed by atoms with Crippen molar-refractivity contribution in [1.29, 1.82) is 0 Å². The number of nitrogens with two attached hydrogens (primary N) is 1. The Labute approximate surface area is 106 Å². The number of rotatable bonds is 2. The summed E-state index contributed by atoms with van der Waals surface area (Å²) in [5, 5.41) is 26.4. The molecule has 5 N–H and O–H groups in total. The molecule has 3 rings (SSSR count). The monoisotopic (exact) mass is 267 g/mol. The number of nitrogen functional groups attached to an aromatic ring is 1. The van der Waals surface area contributed by atoms with Gasteiger partial charge in [0.05, 0.1) is 12.7 Å². The highest BCUT2D eigenvalue weighted by atomic mass is 16.5. The third kappa shape index (κ3) is 1.87. The molecule has 102 valence electrons. The highest BCUT2D eigenvalue weighted by molar-refractivity contribution is 5.75. The molecular formula is C10H13N5O4. The summed E-state index contributed by atoms with van der Waals surface area (Å²) in [4.78, 5) is 14.1. The fraction of sp³-hybridized carbons (Fsp3) is 0.500. The Morgan fingerprint density at radius 1 is 1.63 bits per heavy atom. The summed E-state index contributed by atoms with van der Waals surface area (Å²) in [5.74, 6) is 0.193. The number of nitrogens with zero attached hydrogens (tertiary/aromatic N) is 3. The van der Waals surface area contributed by atoms with Crippen molar-refractivity contribution in [2.75, 3.05) is 12.3 Å². The van der Waals surface area contributed by atoms with E-state index in [9.17, 15) is 9.90 Å². The van der Waals surface area contributed by atoms with Crippen LogP contribution in [0, 0.1) is 0 Å². The van der Waals surface area contributed by atoms with Crippen LogP contribution in [0.2, 0.25) is 0 Å². The molecule has 1 aliphatic heterocycles. The lowest BCUT2D eigenvalue weighted by molar-refractivity contribution is -0.0474. The molecule has 0 unspecified atom stereocenters. The van der Waals surface area contributed by atoms with Crippen molar-refractivity contribution < 1.29 is 14.9 Å². The first-order valence-corrected chi connectivity index (χ1v) is 5.78.